The zero-order valence-electron chi connectivity index (χ0n) is 43.4. The minimum Gasteiger partial charge on any atom is -0.457 e. The predicted molar refractivity (Wildman–Crippen MR) is 280 cm³/mol. The van der Waals surface area contributed by atoms with Gasteiger partial charge in [0.2, 0.25) is 0 Å². The van der Waals surface area contributed by atoms with Crippen molar-refractivity contribution in [2.45, 2.75) is 263 Å². The average Bonchev–Trinajstić information content (AvgIpc) is 3.32. The maximum atomic E-state index is 12.9. The lowest BCUT2D eigenvalue weighted by Gasteiger charge is -2.41. The summed E-state index contributed by atoms with van der Waals surface area (Å²) >= 11 is 0. The highest BCUT2D eigenvalue weighted by molar-refractivity contribution is 7.80. The molecule has 0 saturated carbocycles. The van der Waals surface area contributed by atoms with Crippen LogP contribution < -0.4 is 0 Å². The molecule has 1 rings (SSSR count). The molecule has 0 aliphatic carbocycles. The minimum atomic E-state index is -5.07. The third kappa shape index (κ3) is 40.0. The first kappa shape index (κ1) is 64.8. The van der Waals surface area contributed by atoms with Crippen LogP contribution in [0.25, 0.3) is 0 Å². The third-order valence-corrected chi connectivity index (χ3v) is 12.8. The maximum Gasteiger partial charge on any atom is 0.397 e. The molecule has 0 spiro atoms. The monoisotopic (exact) mass is 997 g/mol. The fourth-order valence-corrected chi connectivity index (χ4v) is 8.69. The van der Waals surface area contributed by atoms with Gasteiger partial charge in [-0.05, 0) is 83.5 Å². The van der Waals surface area contributed by atoms with Gasteiger partial charge in [-0.3, -0.25) is 9.35 Å². The molecule has 0 amide bonds. The molecule has 1 saturated heterocycles. The number of carbonyl (C=O) groups is 1. The lowest BCUT2D eigenvalue weighted by Crippen LogP contribution is -2.60. The quantitative estimate of drug-likeness (QED) is 0.0197. The van der Waals surface area contributed by atoms with Crippen molar-refractivity contribution in [3.63, 3.8) is 0 Å². The summed E-state index contributed by atoms with van der Waals surface area (Å²) in [6, 6.07) is 0. The van der Waals surface area contributed by atoms with Gasteiger partial charge in [0, 0.05) is 13.0 Å². The van der Waals surface area contributed by atoms with Crippen molar-refractivity contribution < 1.29 is 56.2 Å². The van der Waals surface area contributed by atoms with Crippen LogP contribution in [-0.2, 0) is 38.3 Å². The number of carbonyl (C=O) groups excluding carboxylic acids is 1. The summed E-state index contributed by atoms with van der Waals surface area (Å²) < 4.78 is 59.3. The van der Waals surface area contributed by atoms with E-state index in [2.05, 4.69) is 78.8 Å². The summed E-state index contributed by atoms with van der Waals surface area (Å²) in [6.07, 6.45) is 51.0. The van der Waals surface area contributed by atoms with Crippen LogP contribution in [0.3, 0.4) is 0 Å². The maximum absolute atomic E-state index is 12.9. The second-order valence-electron chi connectivity index (χ2n) is 18.8. The molecule has 1 aliphatic heterocycles. The molecule has 402 valence electrons. The van der Waals surface area contributed by atoms with Gasteiger partial charge < -0.3 is 34.3 Å². The van der Waals surface area contributed by atoms with Crippen molar-refractivity contribution >= 4 is 16.4 Å². The van der Waals surface area contributed by atoms with Gasteiger partial charge in [-0.2, -0.15) is 8.42 Å². The number of hydrogen-bond acceptors (Lipinski definition) is 11. The van der Waals surface area contributed by atoms with Gasteiger partial charge in [-0.15, -0.1) is 0 Å². The minimum absolute atomic E-state index is 0.0272. The van der Waals surface area contributed by atoms with E-state index in [0.717, 1.165) is 70.6 Å². The zero-order valence-corrected chi connectivity index (χ0v) is 44.2. The van der Waals surface area contributed by atoms with Crippen molar-refractivity contribution in [1.29, 1.82) is 0 Å². The summed E-state index contributed by atoms with van der Waals surface area (Å²) in [6.45, 7) is 3.96. The normalized spacial score (nSPS) is 19.7. The summed E-state index contributed by atoms with van der Waals surface area (Å²) in [5.41, 5.74) is 0. The van der Waals surface area contributed by atoms with Crippen LogP contribution in [0.4, 0.5) is 0 Å². The fourth-order valence-electron chi connectivity index (χ4n) is 8.18. The Morgan fingerprint density at radius 2 is 0.957 bits per heavy atom. The molecule has 0 radical (unpaired) electrons. The molecule has 4 N–H and O–H groups in total. The number of aliphatic hydroxyl groups excluding tert-OH is 3. The van der Waals surface area contributed by atoms with E-state index in [9.17, 15) is 33.1 Å². The molecular formula is C56H100O12S. The Bertz CT molecular complexity index is 1430. The summed E-state index contributed by atoms with van der Waals surface area (Å²) in [5.74, 6) is -0.409. The molecule has 13 heteroatoms. The van der Waals surface area contributed by atoms with Crippen LogP contribution in [0, 0.1) is 0 Å². The number of allylic oxidation sites excluding steroid dienone is 10. The molecule has 0 aromatic carbocycles. The van der Waals surface area contributed by atoms with E-state index in [4.69, 9.17) is 18.9 Å². The van der Waals surface area contributed by atoms with Crippen molar-refractivity contribution in [3.8, 4) is 0 Å². The number of rotatable bonds is 48. The van der Waals surface area contributed by atoms with E-state index in [-0.39, 0.29) is 19.6 Å². The van der Waals surface area contributed by atoms with E-state index in [1.165, 1.54) is 128 Å². The highest BCUT2D eigenvalue weighted by atomic mass is 32.3. The number of unbranched alkanes of at least 4 members (excludes halogenated alkanes) is 25. The molecule has 1 fully saturated rings. The van der Waals surface area contributed by atoms with Crippen LogP contribution in [-0.4, -0.2) is 97.5 Å². The Morgan fingerprint density at radius 1 is 0.551 bits per heavy atom. The van der Waals surface area contributed by atoms with Gasteiger partial charge in [-0.25, -0.2) is 4.18 Å². The van der Waals surface area contributed by atoms with Crippen LogP contribution in [0.1, 0.15) is 226 Å². The van der Waals surface area contributed by atoms with Crippen molar-refractivity contribution in [2.24, 2.45) is 0 Å². The van der Waals surface area contributed by atoms with Gasteiger partial charge in [0.1, 0.15) is 30.5 Å². The largest absolute Gasteiger partial charge is 0.457 e. The van der Waals surface area contributed by atoms with E-state index in [0.29, 0.717) is 13.0 Å². The van der Waals surface area contributed by atoms with E-state index in [1.54, 1.807) is 0 Å². The first-order valence-electron chi connectivity index (χ1n) is 27.5. The summed E-state index contributed by atoms with van der Waals surface area (Å²) in [4.78, 5) is 12.9. The SMILES string of the molecule is CCCCCC/C=C\C/C=C\CCCCCCCCCC(=O)OC(COCCCCCCCCCCC/C=C\C/C=C\C/C=C\CCCCCCC)COC1OC(CO)C(O)C(OS(=O)(=O)O)C1O. The lowest BCUT2D eigenvalue weighted by atomic mass is 9.99. The highest BCUT2D eigenvalue weighted by Gasteiger charge is 2.48. The first-order valence-corrected chi connectivity index (χ1v) is 28.9. The Hall–Kier alpha value is -2.20. The van der Waals surface area contributed by atoms with E-state index in [1.807, 2.05) is 0 Å². The number of hydrogen-bond donors (Lipinski definition) is 4. The first-order chi connectivity index (χ1) is 33.6. The van der Waals surface area contributed by atoms with Crippen molar-refractivity contribution in [1.82, 2.24) is 0 Å². The summed E-state index contributed by atoms with van der Waals surface area (Å²) in [5, 5.41) is 30.8. The van der Waals surface area contributed by atoms with E-state index < -0.39 is 59.8 Å². The highest BCUT2D eigenvalue weighted by Crippen LogP contribution is 2.26. The number of aliphatic hydroxyl groups is 3. The molecule has 6 unspecified atom stereocenters. The van der Waals surface area contributed by atoms with Gasteiger partial charge in [0.05, 0.1) is 19.8 Å². The van der Waals surface area contributed by atoms with Gasteiger partial charge >= 0.3 is 16.4 Å². The molecule has 0 aromatic rings. The third-order valence-electron chi connectivity index (χ3n) is 12.4. The standard InChI is InChI=1S/C56H100O12S/c1-3-5-7-9-11-13-15-17-19-21-23-24-25-26-27-28-30-32-34-36-38-40-42-44-46-64-48-50(49-65-56-54(60)55(68-69(61,62)63)53(59)51(47-57)67-56)66-52(58)45-43-41-39-37-35-33-31-29-22-20-18-16-14-12-10-8-6-4-2/h14-17,20-23,25-26,50-51,53-57,59-60H,3-13,18-19,24,27-49H2,1-2H3,(H,61,62,63)/b16-14-,17-15-,22-20-,23-21-,26-25-. The molecule has 12 nitrogen and oxygen atoms in total. The molecule has 6 atom stereocenters. The molecular weight excluding hydrogens is 897 g/mol. The van der Waals surface area contributed by atoms with Gasteiger partial charge in [0.25, 0.3) is 0 Å². The topological polar surface area (TPSA) is 178 Å². The molecule has 1 heterocycles. The van der Waals surface area contributed by atoms with Crippen LogP contribution in [0.2, 0.25) is 0 Å². The Labute approximate surface area is 420 Å². The predicted octanol–water partition coefficient (Wildman–Crippen LogP) is 13.3. The Morgan fingerprint density at radius 3 is 1.41 bits per heavy atom. The molecule has 69 heavy (non-hydrogen) atoms. The smallest absolute Gasteiger partial charge is 0.397 e. The number of esters is 1. The van der Waals surface area contributed by atoms with Crippen LogP contribution >= 0.6 is 0 Å². The fraction of sp³-hybridized carbons (Fsp3) is 0.804. The van der Waals surface area contributed by atoms with Crippen LogP contribution in [0.5, 0.6) is 0 Å². The number of ether oxygens (including phenoxy) is 4. The molecule has 0 bridgehead atoms. The second kappa shape index (κ2) is 46.8. The van der Waals surface area contributed by atoms with Gasteiger partial charge in [0.15, 0.2) is 6.29 Å². The van der Waals surface area contributed by atoms with Gasteiger partial charge in [-0.1, -0.05) is 197 Å². The van der Waals surface area contributed by atoms with Crippen molar-refractivity contribution in [2.75, 3.05) is 26.4 Å². The molecule has 0 aromatic heterocycles. The molecule has 1 aliphatic rings. The van der Waals surface area contributed by atoms with Crippen LogP contribution in [0.15, 0.2) is 60.8 Å². The second-order valence-corrected chi connectivity index (χ2v) is 19.9. The lowest BCUT2D eigenvalue weighted by molar-refractivity contribution is -0.301. The average molecular weight is 997 g/mol. The summed E-state index contributed by atoms with van der Waals surface area (Å²) in [7, 11) is -5.07. The Kier molecular flexibility index (Phi) is 44.0. The zero-order chi connectivity index (χ0) is 50.3. The Balaban J connectivity index is 2.33. The van der Waals surface area contributed by atoms with Crippen molar-refractivity contribution in [3.05, 3.63) is 60.8 Å². The van der Waals surface area contributed by atoms with E-state index >= 15 is 0 Å².